The lowest BCUT2D eigenvalue weighted by atomic mass is 10.1. The van der Waals surface area contributed by atoms with E-state index in [9.17, 15) is 0 Å². The summed E-state index contributed by atoms with van der Waals surface area (Å²) in [5, 5.41) is 5.76. The van der Waals surface area contributed by atoms with Crippen LogP contribution in [0, 0.1) is 0 Å². The third-order valence-electron chi connectivity index (χ3n) is 3.06. The molecule has 0 aliphatic heterocycles. The molecule has 0 aliphatic carbocycles. The Kier molecular flexibility index (Phi) is 3.39. The number of aromatic nitrogens is 2. The van der Waals surface area contributed by atoms with E-state index in [0.717, 1.165) is 22.2 Å². The zero-order valence-electron chi connectivity index (χ0n) is 10.7. The van der Waals surface area contributed by atoms with Gasteiger partial charge in [0, 0.05) is 46.6 Å². The van der Waals surface area contributed by atoms with Crippen molar-refractivity contribution in [2.75, 3.05) is 11.1 Å². The SMILES string of the molecule is Nc1cc(Cl)cc2c(NCc3cccnc3)nccc12. The molecule has 5 heteroatoms. The third kappa shape index (κ3) is 2.51. The minimum Gasteiger partial charge on any atom is -0.398 e. The number of nitrogens with two attached hydrogens (primary N) is 1. The van der Waals surface area contributed by atoms with Gasteiger partial charge in [0.05, 0.1) is 0 Å². The summed E-state index contributed by atoms with van der Waals surface area (Å²) in [6, 6.07) is 9.41. The number of pyridine rings is 2. The van der Waals surface area contributed by atoms with Crippen molar-refractivity contribution in [3.63, 3.8) is 0 Å². The van der Waals surface area contributed by atoms with Crippen molar-refractivity contribution >= 4 is 33.9 Å². The van der Waals surface area contributed by atoms with Gasteiger partial charge in [-0.05, 0) is 29.8 Å². The Morgan fingerprint density at radius 2 is 2.05 bits per heavy atom. The van der Waals surface area contributed by atoms with Crippen LogP contribution >= 0.6 is 11.6 Å². The Morgan fingerprint density at radius 3 is 2.85 bits per heavy atom. The molecule has 2 heterocycles. The van der Waals surface area contributed by atoms with Crippen molar-refractivity contribution in [2.24, 2.45) is 0 Å². The van der Waals surface area contributed by atoms with Crippen molar-refractivity contribution in [3.8, 4) is 0 Å². The lowest BCUT2D eigenvalue weighted by Gasteiger charge is -2.10. The van der Waals surface area contributed by atoms with Gasteiger partial charge in [0.15, 0.2) is 0 Å². The predicted octanol–water partition coefficient (Wildman–Crippen LogP) is 3.48. The second kappa shape index (κ2) is 5.35. The molecule has 100 valence electrons. The van der Waals surface area contributed by atoms with Crippen LogP contribution in [0.1, 0.15) is 5.56 Å². The highest BCUT2D eigenvalue weighted by atomic mass is 35.5. The predicted molar refractivity (Wildman–Crippen MR) is 82.7 cm³/mol. The first kappa shape index (κ1) is 12.7. The molecule has 0 saturated heterocycles. The van der Waals surface area contributed by atoms with Crippen LogP contribution in [0.15, 0.2) is 48.9 Å². The summed E-state index contributed by atoms with van der Waals surface area (Å²) < 4.78 is 0. The van der Waals surface area contributed by atoms with E-state index < -0.39 is 0 Å². The number of nitrogens with one attached hydrogen (secondary N) is 1. The number of nitrogens with zero attached hydrogens (tertiary/aromatic N) is 2. The smallest absolute Gasteiger partial charge is 0.134 e. The zero-order chi connectivity index (χ0) is 13.9. The lowest BCUT2D eigenvalue weighted by Crippen LogP contribution is -2.02. The summed E-state index contributed by atoms with van der Waals surface area (Å²) >= 11 is 6.07. The van der Waals surface area contributed by atoms with Crippen LogP contribution in [-0.4, -0.2) is 9.97 Å². The first-order chi connectivity index (χ1) is 9.74. The molecule has 0 unspecified atom stereocenters. The van der Waals surface area contributed by atoms with Gasteiger partial charge in [0.1, 0.15) is 5.82 Å². The van der Waals surface area contributed by atoms with Crippen molar-refractivity contribution in [3.05, 3.63) is 59.5 Å². The van der Waals surface area contributed by atoms with Gasteiger partial charge in [-0.3, -0.25) is 4.98 Å². The van der Waals surface area contributed by atoms with Crippen LogP contribution in [0.5, 0.6) is 0 Å². The zero-order valence-corrected chi connectivity index (χ0v) is 11.4. The molecule has 0 atom stereocenters. The fourth-order valence-corrected chi connectivity index (χ4v) is 2.33. The number of nitrogen functional groups attached to an aromatic ring is 1. The molecule has 3 rings (SSSR count). The molecule has 0 radical (unpaired) electrons. The number of anilines is 2. The van der Waals surface area contributed by atoms with E-state index in [1.54, 1.807) is 18.5 Å². The Balaban J connectivity index is 1.95. The standard InChI is InChI=1S/C15H13ClN4/c16-11-6-13-12(14(17)7-11)3-5-19-15(13)20-9-10-2-1-4-18-8-10/h1-8H,9,17H2,(H,19,20). The maximum Gasteiger partial charge on any atom is 0.134 e. The minimum absolute atomic E-state index is 0.604. The molecule has 0 fully saturated rings. The van der Waals surface area contributed by atoms with Gasteiger partial charge in [0.25, 0.3) is 0 Å². The van der Waals surface area contributed by atoms with E-state index >= 15 is 0 Å². The Bertz CT molecular complexity index is 743. The van der Waals surface area contributed by atoms with Crippen molar-refractivity contribution in [1.29, 1.82) is 0 Å². The van der Waals surface area contributed by atoms with E-state index in [1.165, 1.54) is 0 Å². The molecule has 0 spiro atoms. The quantitative estimate of drug-likeness (QED) is 0.723. The van der Waals surface area contributed by atoms with Crippen molar-refractivity contribution in [1.82, 2.24) is 9.97 Å². The highest BCUT2D eigenvalue weighted by Gasteiger charge is 2.06. The third-order valence-corrected chi connectivity index (χ3v) is 3.28. The summed E-state index contributed by atoms with van der Waals surface area (Å²) in [5.41, 5.74) is 7.72. The molecule has 0 amide bonds. The Morgan fingerprint density at radius 1 is 1.15 bits per heavy atom. The van der Waals surface area contributed by atoms with Crippen molar-refractivity contribution < 1.29 is 0 Å². The van der Waals surface area contributed by atoms with Crippen LogP contribution < -0.4 is 11.1 Å². The Labute approximate surface area is 121 Å². The van der Waals surface area contributed by atoms with E-state index in [0.29, 0.717) is 17.3 Å². The van der Waals surface area contributed by atoms with Crippen LogP contribution in [0.4, 0.5) is 11.5 Å². The van der Waals surface area contributed by atoms with E-state index in [1.807, 2.05) is 30.5 Å². The van der Waals surface area contributed by atoms with E-state index in [2.05, 4.69) is 15.3 Å². The van der Waals surface area contributed by atoms with Gasteiger partial charge in [-0.2, -0.15) is 0 Å². The highest BCUT2D eigenvalue weighted by Crippen LogP contribution is 2.29. The Hall–Kier alpha value is -2.33. The van der Waals surface area contributed by atoms with Gasteiger partial charge in [0.2, 0.25) is 0 Å². The number of hydrogen-bond acceptors (Lipinski definition) is 4. The average Bonchev–Trinajstić information content (AvgIpc) is 2.46. The van der Waals surface area contributed by atoms with Gasteiger partial charge < -0.3 is 11.1 Å². The number of halogens is 1. The average molecular weight is 285 g/mol. The van der Waals surface area contributed by atoms with Crippen molar-refractivity contribution in [2.45, 2.75) is 6.54 Å². The number of hydrogen-bond donors (Lipinski definition) is 2. The molecule has 0 aliphatic rings. The largest absolute Gasteiger partial charge is 0.398 e. The highest BCUT2D eigenvalue weighted by molar-refractivity contribution is 6.32. The molecular weight excluding hydrogens is 272 g/mol. The summed E-state index contributed by atoms with van der Waals surface area (Å²) in [7, 11) is 0. The first-order valence-corrected chi connectivity index (χ1v) is 6.58. The van der Waals surface area contributed by atoms with Gasteiger partial charge in [-0.25, -0.2) is 4.98 Å². The number of fused-ring (bicyclic) bond motifs is 1. The summed E-state index contributed by atoms with van der Waals surface area (Å²) in [5.74, 6) is 0.764. The van der Waals surface area contributed by atoms with Gasteiger partial charge in [-0.15, -0.1) is 0 Å². The maximum atomic E-state index is 6.07. The molecule has 20 heavy (non-hydrogen) atoms. The second-order valence-corrected chi connectivity index (χ2v) is 4.90. The van der Waals surface area contributed by atoms with Crippen LogP contribution in [0.3, 0.4) is 0 Å². The molecule has 0 saturated carbocycles. The van der Waals surface area contributed by atoms with E-state index in [4.69, 9.17) is 17.3 Å². The van der Waals surface area contributed by atoms with Crippen LogP contribution in [0.2, 0.25) is 5.02 Å². The molecule has 3 N–H and O–H groups in total. The normalized spacial score (nSPS) is 10.7. The molecular formula is C15H13ClN4. The fourth-order valence-electron chi connectivity index (χ4n) is 2.11. The maximum absolute atomic E-state index is 6.07. The molecule has 4 nitrogen and oxygen atoms in total. The molecule has 2 aromatic heterocycles. The first-order valence-electron chi connectivity index (χ1n) is 6.20. The molecule has 0 bridgehead atoms. The monoisotopic (exact) mass is 284 g/mol. The number of rotatable bonds is 3. The molecule has 1 aromatic carbocycles. The topological polar surface area (TPSA) is 63.8 Å². The van der Waals surface area contributed by atoms with Gasteiger partial charge in [-0.1, -0.05) is 17.7 Å². The lowest BCUT2D eigenvalue weighted by molar-refractivity contribution is 1.09. The van der Waals surface area contributed by atoms with Gasteiger partial charge >= 0.3 is 0 Å². The second-order valence-electron chi connectivity index (χ2n) is 4.46. The van der Waals surface area contributed by atoms with Crippen LogP contribution in [0.25, 0.3) is 10.8 Å². The summed E-state index contributed by atoms with van der Waals surface area (Å²) in [6.45, 7) is 0.645. The van der Waals surface area contributed by atoms with E-state index in [-0.39, 0.29) is 0 Å². The summed E-state index contributed by atoms with van der Waals surface area (Å²) in [6.07, 6.45) is 5.30. The number of benzene rings is 1. The summed E-state index contributed by atoms with van der Waals surface area (Å²) in [4.78, 5) is 8.44. The minimum atomic E-state index is 0.604. The van der Waals surface area contributed by atoms with Crippen LogP contribution in [-0.2, 0) is 6.54 Å². The fraction of sp³-hybridized carbons (Fsp3) is 0.0667. The molecule has 3 aromatic rings.